The molecule has 1 aliphatic heterocycles. The van der Waals surface area contributed by atoms with Crippen molar-refractivity contribution in [1.29, 1.82) is 0 Å². The van der Waals surface area contributed by atoms with Crippen molar-refractivity contribution < 1.29 is 4.74 Å². The maximum Gasteiger partial charge on any atom is 0.134 e. The second kappa shape index (κ2) is 7.49. The van der Waals surface area contributed by atoms with Gasteiger partial charge in [-0.25, -0.2) is 9.97 Å². The van der Waals surface area contributed by atoms with Crippen LogP contribution in [0, 0.1) is 0 Å². The Labute approximate surface area is 143 Å². The molecule has 6 heteroatoms. The average Bonchev–Trinajstić information content (AvgIpc) is 2.60. The predicted molar refractivity (Wildman–Crippen MR) is 96.8 cm³/mol. The summed E-state index contributed by atoms with van der Waals surface area (Å²) >= 11 is 0. The Kier molecular flexibility index (Phi) is 5.15. The molecule has 2 aromatic rings. The highest BCUT2D eigenvalue weighted by Crippen LogP contribution is 2.26. The van der Waals surface area contributed by atoms with Gasteiger partial charge in [0.05, 0.1) is 7.11 Å². The van der Waals surface area contributed by atoms with E-state index in [1.54, 1.807) is 13.4 Å². The summed E-state index contributed by atoms with van der Waals surface area (Å²) in [6.45, 7) is 3.66. The molecule has 0 saturated heterocycles. The molecule has 1 aromatic carbocycles. The van der Waals surface area contributed by atoms with Crippen molar-refractivity contribution in [3.05, 3.63) is 41.7 Å². The predicted octanol–water partition coefficient (Wildman–Crippen LogP) is 2.02. The molecule has 6 nitrogen and oxygen atoms in total. The van der Waals surface area contributed by atoms with Crippen LogP contribution in [0.15, 0.2) is 30.6 Å². The number of nitrogens with zero attached hydrogens (tertiary/aromatic N) is 4. The van der Waals surface area contributed by atoms with Crippen molar-refractivity contribution in [2.24, 2.45) is 0 Å². The molecule has 2 heterocycles. The number of ether oxygens (including phenoxy) is 1. The smallest absolute Gasteiger partial charge is 0.134 e. The van der Waals surface area contributed by atoms with E-state index in [0.717, 1.165) is 50.0 Å². The van der Waals surface area contributed by atoms with E-state index in [2.05, 4.69) is 51.3 Å². The van der Waals surface area contributed by atoms with Crippen LogP contribution in [0.3, 0.4) is 0 Å². The molecule has 0 bridgehead atoms. The highest BCUT2D eigenvalue weighted by atomic mass is 16.5. The minimum absolute atomic E-state index is 0.867. The molecule has 1 aromatic heterocycles. The molecular formula is C18H25N5O. The fourth-order valence-electron chi connectivity index (χ4n) is 2.88. The van der Waals surface area contributed by atoms with Crippen molar-refractivity contribution >= 4 is 11.6 Å². The van der Waals surface area contributed by atoms with Crippen LogP contribution in [0.25, 0.3) is 0 Å². The van der Waals surface area contributed by atoms with E-state index in [-0.39, 0.29) is 0 Å². The number of anilines is 2. The van der Waals surface area contributed by atoms with Crippen LogP contribution in [0.1, 0.15) is 11.1 Å². The van der Waals surface area contributed by atoms with Crippen LogP contribution >= 0.6 is 0 Å². The lowest BCUT2D eigenvalue weighted by atomic mass is 9.99. The molecule has 0 amide bonds. The summed E-state index contributed by atoms with van der Waals surface area (Å²) in [5.41, 5.74) is 2.70. The molecule has 24 heavy (non-hydrogen) atoms. The van der Waals surface area contributed by atoms with Gasteiger partial charge in [-0.3, -0.25) is 0 Å². The summed E-state index contributed by atoms with van der Waals surface area (Å²) in [6.07, 6.45) is 2.64. The molecule has 128 valence electrons. The van der Waals surface area contributed by atoms with Crippen molar-refractivity contribution in [2.75, 3.05) is 51.1 Å². The van der Waals surface area contributed by atoms with E-state index >= 15 is 0 Å². The van der Waals surface area contributed by atoms with Gasteiger partial charge < -0.3 is 19.9 Å². The number of likely N-dealkylation sites (N-methyl/N-ethyl adjacent to an activating group) is 1. The van der Waals surface area contributed by atoms with E-state index < -0.39 is 0 Å². The fraction of sp³-hybridized carbons (Fsp3) is 0.444. The van der Waals surface area contributed by atoms with Gasteiger partial charge in [-0.1, -0.05) is 6.07 Å². The first-order valence-electron chi connectivity index (χ1n) is 8.27. The van der Waals surface area contributed by atoms with Crippen molar-refractivity contribution in [2.45, 2.75) is 13.0 Å². The Bertz CT molecular complexity index is 689. The molecule has 0 atom stereocenters. The molecule has 0 unspecified atom stereocenters. The van der Waals surface area contributed by atoms with Crippen LogP contribution in [0.5, 0.6) is 5.75 Å². The van der Waals surface area contributed by atoms with Gasteiger partial charge in [0.2, 0.25) is 0 Å². The molecule has 1 N–H and O–H groups in total. The second-order valence-electron chi connectivity index (χ2n) is 6.30. The molecular weight excluding hydrogens is 302 g/mol. The van der Waals surface area contributed by atoms with Gasteiger partial charge in [0.25, 0.3) is 0 Å². The molecule has 1 aliphatic rings. The Balaban J connectivity index is 1.68. The van der Waals surface area contributed by atoms with Crippen LogP contribution in [0.4, 0.5) is 11.6 Å². The Morgan fingerprint density at radius 3 is 2.88 bits per heavy atom. The van der Waals surface area contributed by atoms with Gasteiger partial charge in [0.1, 0.15) is 23.7 Å². The number of nitrogens with one attached hydrogen (secondary N) is 1. The largest absolute Gasteiger partial charge is 0.497 e. The number of hydrogen-bond donors (Lipinski definition) is 1. The SMILES string of the molecule is COc1ccc2c(c1)CCN(c1cc(NCCN(C)C)ncn1)C2. The minimum Gasteiger partial charge on any atom is -0.497 e. The van der Waals surface area contributed by atoms with Crippen LogP contribution in [0.2, 0.25) is 0 Å². The lowest BCUT2D eigenvalue weighted by Gasteiger charge is -2.30. The lowest BCUT2D eigenvalue weighted by molar-refractivity contribution is 0.413. The Morgan fingerprint density at radius 1 is 1.21 bits per heavy atom. The summed E-state index contributed by atoms with van der Waals surface area (Å²) in [5, 5.41) is 3.35. The molecule has 3 rings (SSSR count). The number of methoxy groups -OCH3 is 1. The van der Waals surface area contributed by atoms with E-state index in [1.165, 1.54) is 11.1 Å². The quantitative estimate of drug-likeness (QED) is 0.876. The maximum absolute atomic E-state index is 5.32. The first-order valence-corrected chi connectivity index (χ1v) is 8.27. The highest BCUT2D eigenvalue weighted by molar-refractivity contribution is 5.51. The van der Waals surface area contributed by atoms with Gasteiger partial charge in [0, 0.05) is 32.2 Å². The normalized spacial score (nSPS) is 13.8. The number of rotatable bonds is 6. The zero-order valence-corrected chi connectivity index (χ0v) is 14.6. The standard InChI is InChI=1S/C18H25N5O/c1-22(2)9-7-19-17-11-18(21-13-20-17)23-8-6-14-10-16(24-3)5-4-15(14)12-23/h4-5,10-11,13H,6-9,12H2,1-3H3,(H,19,20,21). The van der Waals surface area contributed by atoms with E-state index in [4.69, 9.17) is 4.74 Å². The topological polar surface area (TPSA) is 53.5 Å². The first kappa shape index (κ1) is 16.5. The van der Waals surface area contributed by atoms with Crippen LogP contribution in [-0.4, -0.2) is 55.7 Å². The number of fused-ring (bicyclic) bond motifs is 1. The highest BCUT2D eigenvalue weighted by Gasteiger charge is 2.18. The van der Waals surface area contributed by atoms with E-state index in [0.29, 0.717) is 0 Å². The van der Waals surface area contributed by atoms with Crippen LogP contribution in [-0.2, 0) is 13.0 Å². The summed E-state index contributed by atoms with van der Waals surface area (Å²) < 4.78 is 5.32. The van der Waals surface area contributed by atoms with Crippen molar-refractivity contribution in [1.82, 2.24) is 14.9 Å². The van der Waals surface area contributed by atoms with Gasteiger partial charge in [-0.2, -0.15) is 0 Å². The van der Waals surface area contributed by atoms with Crippen LogP contribution < -0.4 is 15.0 Å². The summed E-state index contributed by atoms with van der Waals surface area (Å²) in [5.74, 6) is 2.78. The molecule has 0 saturated carbocycles. The Hall–Kier alpha value is -2.34. The maximum atomic E-state index is 5.32. The number of benzene rings is 1. The van der Waals surface area contributed by atoms with Gasteiger partial charge in [0.15, 0.2) is 0 Å². The lowest BCUT2D eigenvalue weighted by Crippen LogP contribution is -2.31. The van der Waals surface area contributed by atoms with Crippen molar-refractivity contribution in [3.8, 4) is 5.75 Å². The second-order valence-corrected chi connectivity index (χ2v) is 6.30. The number of aromatic nitrogens is 2. The minimum atomic E-state index is 0.867. The molecule has 0 aliphatic carbocycles. The molecule has 0 radical (unpaired) electrons. The van der Waals surface area contributed by atoms with Gasteiger partial charge in [-0.15, -0.1) is 0 Å². The zero-order chi connectivity index (χ0) is 16.9. The average molecular weight is 327 g/mol. The van der Waals surface area contributed by atoms with Gasteiger partial charge in [-0.05, 0) is 43.8 Å². The summed E-state index contributed by atoms with van der Waals surface area (Å²) in [6, 6.07) is 8.35. The third-order valence-electron chi connectivity index (χ3n) is 4.27. The Morgan fingerprint density at radius 2 is 2.08 bits per heavy atom. The number of hydrogen-bond acceptors (Lipinski definition) is 6. The summed E-state index contributed by atoms with van der Waals surface area (Å²) in [7, 11) is 5.84. The monoisotopic (exact) mass is 327 g/mol. The fourth-order valence-corrected chi connectivity index (χ4v) is 2.88. The van der Waals surface area contributed by atoms with E-state index in [1.807, 2.05) is 12.1 Å². The molecule has 0 fully saturated rings. The zero-order valence-electron chi connectivity index (χ0n) is 14.6. The molecule has 0 spiro atoms. The summed E-state index contributed by atoms with van der Waals surface area (Å²) in [4.78, 5) is 13.2. The van der Waals surface area contributed by atoms with Crippen molar-refractivity contribution in [3.63, 3.8) is 0 Å². The first-order chi connectivity index (χ1) is 11.7. The van der Waals surface area contributed by atoms with E-state index in [9.17, 15) is 0 Å². The third-order valence-corrected chi connectivity index (χ3v) is 4.27. The third kappa shape index (κ3) is 3.94. The van der Waals surface area contributed by atoms with Gasteiger partial charge >= 0.3 is 0 Å².